The van der Waals surface area contributed by atoms with Crippen molar-refractivity contribution in [3.8, 4) is 11.5 Å². The summed E-state index contributed by atoms with van der Waals surface area (Å²) in [6.45, 7) is 5.40. The number of esters is 2. The summed E-state index contributed by atoms with van der Waals surface area (Å²) in [6.07, 6.45) is 1.71. The van der Waals surface area contributed by atoms with Gasteiger partial charge in [-0.1, -0.05) is 47.2 Å². The van der Waals surface area contributed by atoms with Crippen LogP contribution in [0.5, 0.6) is 11.5 Å². The van der Waals surface area contributed by atoms with Crippen LogP contribution in [0.25, 0.3) is 6.08 Å². The minimum absolute atomic E-state index is 0.157. The van der Waals surface area contributed by atoms with Crippen LogP contribution < -0.4 is 24.4 Å². The fraction of sp³-hybridized carbons (Fsp3) is 0.286. The van der Waals surface area contributed by atoms with Crippen LogP contribution in [-0.4, -0.2) is 43.4 Å². The van der Waals surface area contributed by atoms with Crippen LogP contribution in [0.15, 0.2) is 63.5 Å². The third-order valence-electron chi connectivity index (χ3n) is 5.87. The lowest BCUT2D eigenvalue weighted by molar-refractivity contribution is -0.143. The number of benzene rings is 2. The van der Waals surface area contributed by atoms with Crippen molar-refractivity contribution in [2.75, 3.05) is 26.9 Å². The van der Waals surface area contributed by atoms with E-state index in [0.29, 0.717) is 49.3 Å². The van der Waals surface area contributed by atoms with Gasteiger partial charge in [0.2, 0.25) is 0 Å². The van der Waals surface area contributed by atoms with Gasteiger partial charge in [-0.05, 0) is 56.2 Å². The first-order chi connectivity index (χ1) is 18.8. The van der Waals surface area contributed by atoms with E-state index in [-0.39, 0.29) is 24.3 Å². The molecule has 4 rings (SSSR count). The van der Waals surface area contributed by atoms with Gasteiger partial charge in [0.1, 0.15) is 0 Å². The van der Waals surface area contributed by atoms with Gasteiger partial charge in [-0.15, -0.1) is 0 Å². The molecule has 3 aromatic rings. The van der Waals surface area contributed by atoms with E-state index in [2.05, 4.69) is 9.73 Å². The first kappa shape index (κ1) is 28.1. The van der Waals surface area contributed by atoms with E-state index >= 15 is 0 Å². The van der Waals surface area contributed by atoms with Crippen molar-refractivity contribution in [1.29, 1.82) is 0 Å². The molecule has 204 valence electrons. The quantitative estimate of drug-likeness (QED) is 0.363. The maximum Gasteiger partial charge on any atom is 0.343 e. The number of hydrogen-bond acceptors (Lipinski definition) is 9. The Morgan fingerprint density at radius 3 is 2.56 bits per heavy atom. The lowest BCUT2D eigenvalue weighted by Crippen LogP contribution is -2.40. The van der Waals surface area contributed by atoms with Crippen molar-refractivity contribution in [3.05, 3.63) is 89.6 Å². The Hall–Kier alpha value is -3.89. The fourth-order valence-electron chi connectivity index (χ4n) is 4.12. The number of aromatic nitrogens is 1. The van der Waals surface area contributed by atoms with Crippen molar-refractivity contribution in [2.45, 2.75) is 26.8 Å². The molecule has 11 heteroatoms. The summed E-state index contributed by atoms with van der Waals surface area (Å²) in [5.41, 5.74) is 1.61. The zero-order chi connectivity index (χ0) is 28.1. The average Bonchev–Trinajstić information content (AvgIpc) is 3.22. The zero-order valence-corrected chi connectivity index (χ0v) is 23.4. The molecule has 1 aromatic heterocycles. The third-order valence-corrected chi connectivity index (χ3v) is 7.19. The van der Waals surface area contributed by atoms with Crippen LogP contribution in [0.1, 0.15) is 37.9 Å². The van der Waals surface area contributed by atoms with Gasteiger partial charge in [-0.2, -0.15) is 0 Å². The zero-order valence-electron chi connectivity index (χ0n) is 21.9. The molecule has 0 spiro atoms. The first-order valence-corrected chi connectivity index (χ1v) is 13.4. The van der Waals surface area contributed by atoms with Crippen molar-refractivity contribution in [2.24, 2.45) is 4.99 Å². The van der Waals surface area contributed by atoms with Gasteiger partial charge < -0.3 is 18.9 Å². The second kappa shape index (κ2) is 12.3. The Bertz CT molecular complexity index is 1620. The van der Waals surface area contributed by atoms with Gasteiger partial charge in [-0.25, -0.2) is 14.6 Å². The number of nitrogens with zero attached hydrogens (tertiary/aromatic N) is 2. The second-order valence-electron chi connectivity index (χ2n) is 8.33. The number of hydrogen-bond donors (Lipinski definition) is 0. The van der Waals surface area contributed by atoms with Gasteiger partial charge in [0.25, 0.3) is 5.56 Å². The molecule has 2 heterocycles. The SMILES string of the molecule is CCOC(=O)C1=C(C)N=c2s/c(=C\c3ccccc3Cl)c(=O)n2[C@H]1c1ccc(OCC(=O)OC)c(OCC)c1. The number of allylic oxidation sites excluding steroid dienone is 1. The van der Waals surface area contributed by atoms with E-state index in [1.807, 2.05) is 25.1 Å². The highest BCUT2D eigenvalue weighted by atomic mass is 35.5. The Balaban J connectivity index is 1.91. The largest absolute Gasteiger partial charge is 0.490 e. The standard InChI is InChI=1S/C28H27ClN2O7S/c1-5-36-21-13-18(11-12-20(21)38-15-23(32)35-4)25-24(27(34)37-6-2)16(3)30-28-31(25)26(33)22(39-28)14-17-9-7-8-10-19(17)29/h7-14,25H,5-6,15H2,1-4H3/b22-14-/t25-/m0/s1. The molecule has 1 atom stereocenters. The van der Waals surface area contributed by atoms with E-state index in [1.54, 1.807) is 44.2 Å². The molecule has 0 bridgehead atoms. The van der Waals surface area contributed by atoms with E-state index in [0.717, 1.165) is 0 Å². The minimum atomic E-state index is -0.845. The van der Waals surface area contributed by atoms with Crippen molar-refractivity contribution < 1.29 is 28.5 Å². The summed E-state index contributed by atoms with van der Waals surface area (Å²) in [4.78, 5) is 43.6. The minimum Gasteiger partial charge on any atom is -0.490 e. The smallest absolute Gasteiger partial charge is 0.343 e. The van der Waals surface area contributed by atoms with Crippen LogP contribution >= 0.6 is 22.9 Å². The van der Waals surface area contributed by atoms with E-state index in [4.69, 9.17) is 25.8 Å². The molecule has 39 heavy (non-hydrogen) atoms. The highest BCUT2D eigenvalue weighted by Gasteiger charge is 2.34. The summed E-state index contributed by atoms with van der Waals surface area (Å²) in [6, 6.07) is 11.4. The predicted octanol–water partition coefficient (Wildman–Crippen LogP) is 3.40. The van der Waals surface area contributed by atoms with Crippen LogP contribution in [0.3, 0.4) is 0 Å². The normalized spacial score (nSPS) is 14.9. The third kappa shape index (κ3) is 5.91. The number of methoxy groups -OCH3 is 1. The molecule has 0 radical (unpaired) electrons. The number of carbonyl (C=O) groups is 2. The van der Waals surface area contributed by atoms with Crippen LogP contribution in [-0.2, 0) is 19.1 Å². The molecule has 0 saturated carbocycles. The van der Waals surface area contributed by atoms with E-state index < -0.39 is 18.0 Å². The Labute approximate surface area is 233 Å². The topological polar surface area (TPSA) is 105 Å². The molecule has 0 saturated heterocycles. The van der Waals surface area contributed by atoms with Crippen molar-refractivity contribution in [3.63, 3.8) is 0 Å². The Kier molecular flexibility index (Phi) is 8.88. The van der Waals surface area contributed by atoms with E-state index in [1.165, 1.54) is 23.0 Å². The molecule has 0 unspecified atom stereocenters. The van der Waals surface area contributed by atoms with Crippen molar-refractivity contribution in [1.82, 2.24) is 4.57 Å². The number of halogens is 1. The molecular weight excluding hydrogens is 544 g/mol. The molecule has 0 N–H and O–H groups in total. The highest BCUT2D eigenvalue weighted by Crippen LogP contribution is 2.36. The molecule has 9 nitrogen and oxygen atoms in total. The maximum atomic E-state index is 13.8. The van der Waals surface area contributed by atoms with Gasteiger partial charge in [-0.3, -0.25) is 9.36 Å². The molecule has 0 amide bonds. The molecule has 0 aliphatic carbocycles. The number of carbonyl (C=O) groups excluding carboxylic acids is 2. The average molecular weight is 571 g/mol. The lowest BCUT2D eigenvalue weighted by atomic mass is 9.95. The number of rotatable bonds is 9. The van der Waals surface area contributed by atoms with Crippen molar-refractivity contribution >= 4 is 41.0 Å². The molecular formula is C28H27ClN2O7S. The number of ether oxygens (including phenoxy) is 4. The van der Waals surface area contributed by atoms with Crippen LogP contribution in [0, 0.1) is 0 Å². The molecule has 2 aromatic carbocycles. The summed E-state index contributed by atoms with van der Waals surface area (Å²) in [5.74, 6) is -0.464. The summed E-state index contributed by atoms with van der Waals surface area (Å²) in [7, 11) is 1.27. The van der Waals surface area contributed by atoms with Gasteiger partial charge >= 0.3 is 11.9 Å². The monoisotopic (exact) mass is 570 g/mol. The van der Waals surface area contributed by atoms with Crippen LogP contribution in [0.4, 0.5) is 0 Å². The lowest BCUT2D eigenvalue weighted by Gasteiger charge is -2.25. The highest BCUT2D eigenvalue weighted by molar-refractivity contribution is 7.07. The van der Waals surface area contributed by atoms with Gasteiger partial charge in [0, 0.05) is 5.02 Å². The summed E-state index contributed by atoms with van der Waals surface area (Å²) >= 11 is 7.54. The Morgan fingerprint density at radius 1 is 1.10 bits per heavy atom. The molecule has 0 fully saturated rings. The number of thiazole rings is 1. The number of fused-ring (bicyclic) bond motifs is 1. The van der Waals surface area contributed by atoms with Gasteiger partial charge in [0.05, 0.1) is 42.2 Å². The van der Waals surface area contributed by atoms with E-state index in [9.17, 15) is 14.4 Å². The first-order valence-electron chi connectivity index (χ1n) is 12.2. The predicted molar refractivity (Wildman–Crippen MR) is 147 cm³/mol. The molecule has 1 aliphatic heterocycles. The summed E-state index contributed by atoms with van der Waals surface area (Å²) in [5, 5.41) is 0.507. The maximum absolute atomic E-state index is 13.8. The van der Waals surface area contributed by atoms with Crippen LogP contribution in [0.2, 0.25) is 5.02 Å². The molecule has 1 aliphatic rings. The summed E-state index contributed by atoms with van der Waals surface area (Å²) < 4.78 is 23.3. The second-order valence-corrected chi connectivity index (χ2v) is 9.74. The Morgan fingerprint density at radius 2 is 1.87 bits per heavy atom. The van der Waals surface area contributed by atoms with Gasteiger partial charge in [0.15, 0.2) is 22.9 Å². The fourth-order valence-corrected chi connectivity index (χ4v) is 5.35.